The van der Waals surface area contributed by atoms with Gasteiger partial charge in [0.05, 0.1) is 0 Å². The van der Waals surface area contributed by atoms with E-state index >= 15 is 0 Å². The van der Waals surface area contributed by atoms with Crippen molar-refractivity contribution in [2.75, 3.05) is 17.2 Å². The van der Waals surface area contributed by atoms with Gasteiger partial charge in [0, 0.05) is 30.8 Å². The van der Waals surface area contributed by atoms with Crippen molar-refractivity contribution in [3.05, 3.63) is 59.7 Å². The number of benzene rings is 2. The second kappa shape index (κ2) is 5.37. The zero-order valence-electron chi connectivity index (χ0n) is 11.5. The van der Waals surface area contributed by atoms with Crippen LogP contribution in [0.15, 0.2) is 48.5 Å². The first kappa shape index (κ1) is 12.7. The van der Waals surface area contributed by atoms with E-state index in [0.717, 1.165) is 24.3 Å². The standard InChI is InChI=1S/C17H18N2O/c1-12(20)19-16-7-4-6-15(10-16)18-11-14-9-13-5-2-3-8-17(13)14/h2-8,10,14,18H,9,11H2,1H3,(H,19,20). The molecular formula is C17H18N2O. The minimum atomic E-state index is -0.0462. The van der Waals surface area contributed by atoms with Crippen LogP contribution in [0, 0.1) is 0 Å². The Labute approximate surface area is 119 Å². The summed E-state index contributed by atoms with van der Waals surface area (Å²) >= 11 is 0. The van der Waals surface area contributed by atoms with Crippen LogP contribution >= 0.6 is 0 Å². The number of carbonyl (C=O) groups excluding carboxylic acids is 1. The van der Waals surface area contributed by atoms with Gasteiger partial charge in [-0.25, -0.2) is 0 Å². The van der Waals surface area contributed by atoms with Gasteiger partial charge in [-0.15, -0.1) is 0 Å². The molecule has 0 spiro atoms. The van der Waals surface area contributed by atoms with E-state index in [4.69, 9.17) is 0 Å². The Morgan fingerprint density at radius 1 is 1.15 bits per heavy atom. The van der Waals surface area contributed by atoms with Gasteiger partial charge in [-0.1, -0.05) is 30.3 Å². The van der Waals surface area contributed by atoms with Gasteiger partial charge in [-0.05, 0) is 35.7 Å². The first-order chi connectivity index (χ1) is 9.72. The van der Waals surface area contributed by atoms with Crippen molar-refractivity contribution in [2.24, 2.45) is 0 Å². The minimum Gasteiger partial charge on any atom is -0.384 e. The Morgan fingerprint density at radius 3 is 2.75 bits per heavy atom. The molecule has 1 atom stereocenters. The van der Waals surface area contributed by atoms with Crippen molar-refractivity contribution in [1.82, 2.24) is 0 Å². The van der Waals surface area contributed by atoms with Crippen LogP contribution in [-0.2, 0) is 11.2 Å². The van der Waals surface area contributed by atoms with Crippen LogP contribution in [0.3, 0.4) is 0 Å². The second-order valence-corrected chi connectivity index (χ2v) is 5.24. The third-order valence-electron chi connectivity index (χ3n) is 3.70. The summed E-state index contributed by atoms with van der Waals surface area (Å²) in [6.45, 7) is 2.45. The fourth-order valence-electron chi connectivity index (χ4n) is 2.70. The highest BCUT2D eigenvalue weighted by Gasteiger charge is 2.24. The lowest BCUT2D eigenvalue weighted by molar-refractivity contribution is -0.114. The molecule has 1 amide bonds. The first-order valence-corrected chi connectivity index (χ1v) is 6.92. The summed E-state index contributed by atoms with van der Waals surface area (Å²) < 4.78 is 0. The monoisotopic (exact) mass is 266 g/mol. The summed E-state index contributed by atoms with van der Waals surface area (Å²) in [5, 5.41) is 6.25. The molecule has 0 aliphatic heterocycles. The molecule has 0 bridgehead atoms. The number of nitrogens with one attached hydrogen (secondary N) is 2. The zero-order chi connectivity index (χ0) is 13.9. The van der Waals surface area contributed by atoms with Crippen LogP contribution in [0.4, 0.5) is 11.4 Å². The smallest absolute Gasteiger partial charge is 0.221 e. The number of carbonyl (C=O) groups is 1. The molecule has 2 aromatic carbocycles. The van der Waals surface area contributed by atoms with E-state index in [1.54, 1.807) is 0 Å². The third-order valence-corrected chi connectivity index (χ3v) is 3.70. The Balaban J connectivity index is 1.61. The van der Waals surface area contributed by atoms with Gasteiger partial charge in [0.1, 0.15) is 0 Å². The summed E-state index contributed by atoms with van der Waals surface area (Å²) in [5.74, 6) is 0.547. The Morgan fingerprint density at radius 2 is 1.95 bits per heavy atom. The van der Waals surface area contributed by atoms with Crippen LogP contribution in [0.2, 0.25) is 0 Å². The van der Waals surface area contributed by atoms with Gasteiger partial charge in [0.2, 0.25) is 5.91 Å². The predicted molar refractivity (Wildman–Crippen MR) is 82.1 cm³/mol. The normalized spacial score (nSPS) is 15.9. The molecule has 3 nitrogen and oxygen atoms in total. The van der Waals surface area contributed by atoms with Crippen molar-refractivity contribution in [3.63, 3.8) is 0 Å². The van der Waals surface area contributed by atoms with Crippen molar-refractivity contribution < 1.29 is 4.79 Å². The first-order valence-electron chi connectivity index (χ1n) is 6.92. The summed E-state index contributed by atoms with van der Waals surface area (Å²) in [6.07, 6.45) is 1.15. The molecule has 0 heterocycles. The van der Waals surface area contributed by atoms with Crippen LogP contribution < -0.4 is 10.6 Å². The SMILES string of the molecule is CC(=O)Nc1cccc(NCC2Cc3ccccc32)c1. The molecular weight excluding hydrogens is 248 g/mol. The van der Waals surface area contributed by atoms with E-state index in [0.29, 0.717) is 5.92 Å². The highest BCUT2D eigenvalue weighted by Crippen LogP contribution is 2.34. The summed E-state index contributed by atoms with van der Waals surface area (Å²) in [7, 11) is 0. The molecule has 1 aliphatic carbocycles. The van der Waals surface area contributed by atoms with E-state index in [-0.39, 0.29) is 5.91 Å². The summed E-state index contributed by atoms with van der Waals surface area (Å²) in [6, 6.07) is 16.4. The maximum Gasteiger partial charge on any atom is 0.221 e. The van der Waals surface area contributed by atoms with Crippen LogP contribution in [0.5, 0.6) is 0 Å². The highest BCUT2D eigenvalue weighted by molar-refractivity contribution is 5.89. The van der Waals surface area contributed by atoms with E-state index < -0.39 is 0 Å². The molecule has 3 heteroatoms. The maximum atomic E-state index is 11.1. The molecule has 0 fully saturated rings. The molecule has 2 N–H and O–H groups in total. The predicted octanol–water partition coefficient (Wildman–Crippen LogP) is 3.40. The Hall–Kier alpha value is -2.29. The fraction of sp³-hybridized carbons (Fsp3) is 0.235. The number of rotatable bonds is 4. The van der Waals surface area contributed by atoms with E-state index in [1.807, 2.05) is 24.3 Å². The molecule has 3 rings (SSSR count). The number of hydrogen-bond donors (Lipinski definition) is 2. The van der Waals surface area contributed by atoms with Crippen molar-refractivity contribution in [3.8, 4) is 0 Å². The molecule has 1 aliphatic rings. The molecule has 0 saturated heterocycles. The van der Waals surface area contributed by atoms with Crippen LogP contribution in [-0.4, -0.2) is 12.5 Å². The molecule has 20 heavy (non-hydrogen) atoms. The molecule has 0 saturated carbocycles. The van der Waals surface area contributed by atoms with Crippen molar-refractivity contribution in [1.29, 1.82) is 0 Å². The van der Waals surface area contributed by atoms with Gasteiger partial charge in [-0.2, -0.15) is 0 Å². The Kier molecular flexibility index (Phi) is 3.42. The van der Waals surface area contributed by atoms with Crippen molar-refractivity contribution in [2.45, 2.75) is 19.3 Å². The molecule has 2 aromatic rings. The quantitative estimate of drug-likeness (QED) is 0.890. The molecule has 1 unspecified atom stereocenters. The average Bonchev–Trinajstić information content (AvgIpc) is 2.39. The summed E-state index contributed by atoms with van der Waals surface area (Å²) in [4.78, 5) is 11.1. The number of anilines is 2. The molecule has 0 radical (unpaired) electrons. The lowest BCUT2D eigenvalue weighted by Gasteiger charge is -2.30. The van der Waals surface area contributed by atoms with Gasteiger partial charge in [-0.3, -0.25) is 4.79 Å². The third kappa shape index (κ3) is 2.67. The molecule has 102 valence electrons. The van der Waals surface area contributed by atoms with Gasteiger partial charge in [0.25, 0.3) is 0 Å². The van der Waals surface area contributed by atoms with E-state index in [9.17, 15) is 4.79 Å². The maximum absolute atomic E-state index is 11.1. The second-order valence-electron chi connectivity index (χ2n) is 5.24. The highest BCUT2D eigenvalue weighted by atomic mass is 16.1. The zero-order valence-corrected chi connectivity index (χ0v) is 11.5. The van der Waals surface area contributed by atoms with Crippen molar-refractivity contribution >= 4 is 17.3 Å². The van der Waals surface area contributed by atoms with Crippen LogP contribution in [0.1, 0.15) is 24.0 Å². The van der Waals surface area contributed by atoms with Gasteiger partial charge in [0.15, 0.2) is 0 Å². The van der Waals surface area contributed by atoms with Gasteiger partial charge < -0.3 is 10.6 Å². The fourth-order valence-corrected chi connectivity index (χ4v) is 2.70. The molecule has 0 aromatic heterocycles. The number of fused-ring (bicyclic) bond motifs is 1. The number of hydrogen-bond acceptors (Lipinski definition) is 2. The van der Waals surface area contributed by atoms with E-state index in [1.165, 1.54) is 18.1 Å². The average molecular weight is 266 g/mol. The largest absolute Gasteiger partial charge is 0.384 e. The number of amides is 1. The van der Waals surface area contributed by atoms with Gasteiger partial charge >= 0.3 is 0 Å². The minimum absolute atomic E-state index is 0.0462. The van der Waals surface area contributed by atoms with Crippen LogP contribution in [0.25, 0.3) is 0 Å². The lowest BCUT2D eigenvalue weighted by Crippen LogP contribution is -2.24. The summed E-state index contributed by atoms with van der Waals surface area (Å²) in [5.41, 5.74) is 4.79. The Bertz CT molecular complexity index is 636. The van der Waals surface area contributed by atoms with E-state index in [2.05, 4.69) is 34.9 Å². The lowest BCUT2D eigenvalue weighted by atomic mass is 9.77. The topological polar surface area (TPSA) is 41.1 Å².